The third kappa shape index (κ3) is 12.3. The number of hydrogen-bond acceptors (Lipinski definition) is 32. The number of carboxylic acid groups (broad SMARTS) is 1. The van der Waals surface area contributed by atoms with Crippen molar-refractivity contribution in [2.75, 3.05) is 46.2 Å². The summed E-state index contributed by atoms with van der Waals surface area (Å²) in [7, 11) is 0. The van der Waals surface area contributed by atoms with Crippen LogP contribution in [0.5, 0.6) is 0 Å². The fourth-order valence-corrected chi connectivity index (χ4v) is 8.80. The first kappa shape index (κ1) is 58.5. The minimum absolute atomic E-state index is 0.0190. The molecule has 6 rings (SSSR count). The second-order valence-electron chi connectivity index (χ2n) is 17.4. The van der Waals surface area contributed by atoms with E-state index in [9.17, 15) is 102 Å². The molecule has 0 aromatic carbocycles. The number of nitrogens with two attached hydrogens (primary N) is 1. The monoisotopic (exact) mass is 1050 g/mol. The number of aliphatic carboxylic acids is 1. The molecule has 71 heavy (non-hydrogen) atoms. The molecule has 17 unspecified atom stereocenters. The lowest BCUT2D eigenvalue weighted by molar-refractivity contribution is -0.393. The number of aliphatic hydroxyl groups is 18. The second kappa shape index (κ2) is 25.4. The lowest BCUT2D eigenvalue weighted by Gasteiger charge is -2.49. The highest BCUT2D eigenvalue weighted by Gasteiger charge is 2.58. The molecular formula is C38H65NO32. The summed E-state index contributed by atoms with van der Waals surface area (Å²) in [6.45, 7) is -4.87. The summed E-state index contributed by atoms with van der Waals surface area (Å²) in [5.74, 6) is -1.91. The van der Waals surface area contributed by atoms with Crippen molar-refractivity contribution in [2.24, 2.45) is 5.73 Å². The van der Waals surface area contributed by atoms with E-state index in [0.717, 1.165) is 0 Å². The van der Waals surface area contributed by atoms with E-state index in [1.54, 1.807) is 0 Å². The molecule has 33 nitrogen and oxygen atoms in total. The molecular weight excluding hydrogens is 982 g/mol. The van der Waals surface area contributed by atoms with Gasteiger partial charge in [-0.25, -0.2) is 4.79 Å². The maximum atomic E-state index is 12.5. The molecule has 6 aliphatic heterocycles. The van der Waals surface area contributed by atoms with Gasteiger partial charge in [-0.2, -0.15) is 0 Å². The minimum Gasteiger partial charge on any atom is -0.479 e. The molecule has 6 fully saturated rings. The van der Waals surface area contributed by atoms with E-state index in [4.69, 9.17) is 62.6 Å². The van der Waals surface area contributed by atoms with Crippen molar-refractivity contribution >= 4 is 5.97 Å². The Hall–Kier alpha value is -1.77. The van der Waals surface area contributed by atoms with Gasteiger partial charge in [0.25, 0.3) is 0 Å². The zero-order chi connectivity index (χ0) is 52.3. The molecule has 0 bridgehead atoms. The first-order valence-electron chi connectivity index (χ1n) is 22.3. The number of hydrogen-bond donors (Lipinski definition) is 20. The molecule has 0 spiro atoms. The average molecular weight is 1050 g/mol. The summed E-state index contributed by atoms with van der Waals surface area (Å²) in [5.41, 5.74) is 5.40. The van der Waals surface area contributed by atoms with Gasteiger partial charge >= 0.3 is 5.97 Å². The third-order valence-corrected chi connectivity index (χ3v) is 12.8. The van der Waals surface area contributed by atoms with Crippen LogP contribution in [-0.2, 0) is 61.6 Å². The molecule has 30 atom stereocenters. The van der Waals surface area contributed by atoms with Crippen LogP contribution in [0.25, 0.3) is 0 Å². The summed E-state index contributed by atoms with van der Waals surface area (Å²) >= 11 is 0. The van der Waals surface area contributed by atoms with Gasteiger partial charge in [-0.15, -0.1) is 0 Å². The number of carboxylic acids is 1. The average Bonchev–Trinajstić information content (AvgIpc) is 3.35. The molecule has 0 radical (unpaired) electrons. The SMILES string of the molecule is NCCO[C@H]1OC(CO)[C@H](O[C@H]2OC(CO)[C@@H](O[C@@H]3OC(CO)[C@@H](O[C@@H]4OC(C(=O)O)[C@@H](O[C@H]5OC(CO)[C@H](O[C@H]6OC(CO)[C@@H](O)C(O)C6O)C(O)C5O)C(O)C4O)C(O)[C@@H]3O)C(O)C2O)C(O)C1O. The Morgan fingerprint density at radius 1 is 0.352 bits per heavy atom. The van der Waals surface area contributed by atoms with Gasteiger partial charge in [-0.05, 0) is 0 Å². The van der Waals surface area contributed by atoms with E-state index >= 15 is 0 Å². The standard InChI is InChI=1S/C38H65NO32/c39-1-2-60-33-21(53)15(47)26(9(4-41)62-33)67-35-22(54)16(48)28(10(5-42)63-35)68-36-23(55)17(49)29(12(7-44)64-36)69-38-25(57)19(51)30(31(71-38)32(58)59)70-37-24(56)18(50)27(11(6-43)65-37)66-34-20(52)14(46)13(45)8(3-40)61-34/h8-31,33-38,40-57H,1-7,39H2,(H,58,59)/t8?,9?,10?,11?,12?,13-,14?,15?,16?,17?,18?,19?,20?,21?,22?,23+,24?,25?,26+,27+,28-,29-,30+,31?,33+,34-,35-,36+,37-,38-/m1/s1. The topological polar surface area (TPSA) is 538 Å². The Morgan fingerprint density at radius 2 is 0.620 bits per heavy atom. The van der Waals surface area contributed by atoms with Gasteiger partial charge in [-0.1, -0.05) is 0 Å². The minimum atomic E-state index is -2.36. The van der Waals surface area contributed by atoms with Crippen molar-refractivity contribution in [1.82, 2.24) is 0 Å². The Balaban J connectivity index is 1.08. The van der Waals surface area contributed by atoms with Crippen LogP contribution in [0.15, 0.2) is 0 Å². The van der Waals surface area contributed by atoms with Crippen molar-refractivity contribution in [3.05, 3.63) is 0 Å². The molecule has 414 valence electrons. The Labute approximate surface area is 400 Å². The number of carbonyl (C=O) groups is 1. The first-order chi connectivity index (χ1) is 33.7. The van der Waals surface area contributed by atoms with Crippen molar-refractivity contribution in [2.45, 2.75) is 184 Å². The molecule has 21 N–H and O–H groups in total. The summed E-state index contributed by atoms with van der Waals surface area (Å²) < 4.78 is 65.8. The molecule has 0 saturated carbocycles. The van der Waals surface area contributed by atoms with Crippen LogP contribution in [0, 0.1) is 0 Å². The molecule has 33 heteroatoms. The highest BCUT2D eigenvalue weighted by Crippen LogP contribution is 2.37. The van der Waals surface area contributed by atoms with Crippen LogP contribution in [0.2, 0.25) is 0 Å². The highest BCUT2D eigenvalue weighted by atomic mass is 16.8. The normalized spacial score (nSPS) is 51.0. The third-order valence-electron chi connectivity index (χ3n) is 12.8. The summed E-state index contributed by atoms with van der Waals surface area (Å²) in [6, 6.07) is 0. The zero-order valence-electron chi connectivity index (χ0n) is 37.2. The quantitative estimate of drug-likeness (QED) is 0.0571. The summed E-state index contributed by atoms with van der Waals surface area (Å²) in [5, 5.41) is 201. The van der Waals surface area contributed by atoms with E-state index in [1.165, 1.54) is 0 Å². The van der Waals surface area contributed by atoms with E-state index in [1.807, 2.05) is 0 Å². The maximum Gasteiger partial charge on any atom is 0.335 e. The smallest absolute Gasteiger partial charge is 0.335 e. The zero-order valence-corrected chi connectivity index (χ0v) is 37.2. The number of aliphatic hydroxyl groups excluding tert-OH is 18. The summed E-state index contributed by atoms with van der Waals surface area (Å²) in [4.78, 5) is 12.5. The van der Waals surface area contributed by atoms with E-state index in [2.05, 4.69) is 0 Å². The first-order valence-corrected chi connectivity index (χ1v) is 22.3. The predicted octanol–water partition coefficient (Wildman–Crippen LogP) is -14.0. The van der Waals surface area contributed by atoms with E-state index in [-0.39, 0.29) is 13.2 Å². The lowest BCUT2D eigenvalue weighted by atomic mass is 9.95. The Kier molecular flexibility index (Phi) is 20.9. The van der Waals surface area contributed by atoms with Gasteiger partial charge < -0.3 is 160 Å². The number of ether oxygens (including phenoxy) is 12. The van der Waals surface area contributed by atoms with Gasteiger partial charge in [0.05, 0.1) is 39.6 Å². The largest absolute Gasteiger partial charge is 0.479 e. The van der Waals surface area contributed by atoms with Gasteiger partial charge in [0.15, 0.2) is 43.8 Å². The molecule has 6 saturated heterocycles. The van der Waals surface area contributed by atoms with Crippen LogP contribution >= 0.6 is 0 Å². The molecule has 6 aliphatic rings. The molecule has 0 aromatic heterocycles. The van der Waals surface area contributed by atoms with Gasteiger partial charge in [0, 0.05) is 6.54 Å². The lowest BCUT2D eigenvalue weighted by Crippen LogP contribution is -2.68. The van der Waals surface area contributed by atoms with Crippen LogP contribution < -0.4 is 5.73 Å². The van der Waals surface area contributed by atoms with Crippen LogP contribution in [-0.4, -0.2) is 333 Å². The molecule has 6 heterocycles. The van der Waals surface area contributed by atoms with Crippen LogP contribution in [0.1, 0.15) is 0 Å². The fourth-order valence-electron chi connectivity index (χ4n) is 8.80. The highest BCUT2D eigenvalue weighted by molar-refractivity contribution is 5.73. The van der Waals surface area contributed by atoms with Crippen molar-refractivity contribution in [3.8, 4) is 0 Å². The maximum absolute atomic E-state index is 12.5. The van der Waals surface area contributed by atoms with Gasteiger partial charge in [-0.3, -0.25) is 0 Å². The molecule has 0 amide bonds. The Bertz CT molecular complexity index is 1640. The molecule has 0 aliphatic carbocycles. The second-order valence-corrected chi connectivity index (χ2v) is 17.4. The van der Waals surface area contributed by atoms with E-state index < -0.39 is 223 Å². The predicted molar refractivity (Wildman–Crippen MR) is 212 cm³/mol. The van der Waals surface area contributed by atoms with Crippen molar-refractivity contribution in [3.63, 3.8) is 0 Å². The Morgan fingerprint density at radius 3 is 0.944 bits per heavy atom. The van der Waals surface area contributed by atoms with Crippen LogP contribution in [0.4, 0.5) is 0 Å². The van der Waals surface area contributed by atoms with Crippen molar-refractivity contribution < 1.29 is 159 Å². The van der Waals surface area contributed by atoms with Gasteiger partial charge in [0.2, 0.25) is 0 Å². The van der Waals surface area contributed by atoms with E-state index in [0.29, 0.717) is 0 Å². The van der Waals surface area contributed by atoms with Gasteiger partial charge in [0.1, 0.15) is 140 Å². The molecule has 0 aromatic rings. The van der Waals surface area contributed by atoms with Crippen molar-refractivity contribution in [1.29, 1.82) is 0 Å². The van der Waals surface area contributed by atoms with Crippen LogP contribution in [0.3, 0.4) is 0 Å². The number of rotatable bonds is 19. The summed E-state index contributed by atoms with van der Waals surface area (Å²) in [6.07, 6.45) is -58.6. The fraction of sp³-hybridized carbons (Fsp3) is 0.974.